The fraction of sp³-hybridized carbons (Fsp3) is 0.583. The Morgan fingerprint density at radius 3 is 2.72 bits per heavy atom. The van der Waals surface area contributed by atoms with Crippen molar-refractivity contribution in [1.82, 2.24) is 9.47 Å². The van der Waals surface area contributed by atoms with E-state index >= 15 is 0 Å². The van der Waals surface area contributed by atoms with Gasteiger partial charge in [0.15, 0.2) is 9.84 Å². The Morgan fingerprint density at radius 1 is 1.56 bits per heavy atom. The number of aromatic nitrogens is 1. The zero-order chi connectivity index (χ0) is 13.3. The van der Waals surface area contributed by atoms with Crippen molar-refractivity contribution in [2.75, 3.05) is 18.1 Å². The second kappa shape index (κ2) is 4.76. The summed E-state index contributed by atoms with van der Waals surface area (Å²) in [5.74, 6) is 0.204. The van der Waals surface area contributed by atoms with Crippen molar-refractivity contribution in [3.05, 3.63) is 24.0 Å². The lowest BCUT2D eigenvalue weighted by Gasteiger charge is -2.26. The van der Waals surface area contributed by atoms with Crippen LogP contribution in [0.25, 0.3) is 0 Å². The Bertz CT molecular complexity index is 547. The van der Waals surface area contributed by atoms with Crippen LogP contribution in [0.15, 0.2) is 18.5 Å². The molecule has 1 aliphatic rings. The summed E-state index contributed by atoms with van der Waals surface area (Å²) < 4.78 is 24.8. The molecule has 0 aromatic carbocycles. The molecule has 18 heavy (non-hydrogen) atoms. The molecule has 0 radical (unpaired) electrons. The zero-order valence-corrected chi connectivity index (χ0v) is 11.5. The van der Waals surface area contributed by atoms with Crippen LogP contribution in [0.1, 0.15) is 23.7 Å². The molecule has 1 unspecified atom stereocenters. The molecule has 5 nitrogen and oxygen atoms in total. The third kappa shape index (κ3) is 2.58. The SMILES string of the molecule is CCN(C(=O)c1ccn(C)c1)C1CCS(=O)(=O)C1. The van der Waals surface area contributed by atoms with Crippen molar-refractivity contribution in [3.63, 3.8) is 0 Å². The Labute approximate surface area is 107 Å². The molecule has 0 saturated carbocycles. The summed E-state index contributed by atoms with van der Waals surface area (Å²) in [6.07, 6.45) is 4.12. The Hall–Kier alpha value is -1.30. The second-order valence-electron chi connectivity index (χ2n) is 4.71. The highest BCUT2D eigenvalue weighted by atomic mass is 32.2. The van der Waals surface area contributed by atoms with Gasteiger partial charge < -0.3 is 9.47 Å². The molecule has 1 saturated heterocycles. The molecule has 6 heteroatoms. The topological polar surface area (TPSA) is 59.4 Å². The van der Waals surface area contributed by atoms with Gasteiger partial charge in [0.25, 0.3) is 5.91 Å². The summed E-state index contributed by atoms with van der Waals surface area (Å²) >= 11 is 0. The van der Waals surface area contributed by atoms with Gasteiger partial charge in [-0.05, 0) is 19.4 Å². The van der Waals surface area contributed by atoms with E-state index in [-0.39, 0.29) is 23.5 Å². The first kappa shape index (κ1) is 13.1. The van der Waals surface area contributed by atoms with E-state index in [1.165, 1.54) is 0 Å². The summed E-state index contributed by atoms with van der Waals surface area (Å²) in [5, 5.41) is 0. The normalized spacial score (nSPS) is 22.0. The fourth-order valence-corrected chi connectivity index (χ4v) is 4.12. The van der Waals surface area contributed by atoms with Crippen LogP contribution in [0.2, 0.25) is 0 Å². The molecule has 2 rings (SSSR count). The number of rotatable bonds is 3. The van der Waals surface area contributed by atoms with Crippen LogP contribution in [0.3, 0.4) is 0 Å². The van der Waals surface area contributed by atoms with Gasteiger partial charge in [-0.1, -0.05) is 0 Å². The lowest BCUT2D eigenvalue weighted by Crippen LogP contribution is -2.40. The quantitative estimate of drug-likeness (QED) is 0.811. The van der Waals surface area contributed by atoms with Crippen LogP contribution >= 0.6 is 0 Å². The molecule has 0 N–H and O–H groups in total. The van der Waals surface area contributed by atoms with Gasteiger partial charge in [0.05, 0.1) is 17.1 Å². The predicted octanol–water partition coefficient (Wildman–Crippen LogP) is 0.674. The predicted molar refractivity (Wildman–Crippen MR) is 69.2 cm³/mol. The average molecular weight is 270 g/mol. The van der Waals surface area contributed by atoms with Crippen LogP contribution in [0.5, 0.6) is 0 Å². The van der Waals surface area contributed by atoms with Crippen LogP contribution < -0.4 is 0 Å². The molecule has 1 amide bonds. The number of amides is 1. The van der Waals surface area contributed by atoms with Crippen LogP contribution in [-0.4, -0.2) is 47.9 Å². The lowest BCUT2D eigenvalue weighted by atomic mass is 10.2. The number of sulfone groups is 1. The smallest absolute Gasteiger partial charge is 0.255 e. The number of hydrogen-bond acceptors (Lipinski definition) is 3. The van der Waals surface area contributed by atoms with Gasteiger partial charge >= 0.3 is 0 Å². The fourth-order valence-electron chi connectivity index (χ4n) is 2.38. The van der Waals surface area contributed by atoms with Crippen molar-refractivity contribution in [1.29, 1.82) is 0 Å². The maximum atomic E-state index is 12.3. The Balaban J connectivity index is 2.17. The Kier molecular flexibility index (Phi) is 3.47. The molecule has 1 fully saturated rings. The van der Waals surface area contributed by atoms with E-state index in [2.05, 4.69) is 0 Å². The monoisotopic (exact) mass is 270 g/mol. The third-order valence-corrected chi connectivity index (χ3v) is 5.08. The average Bonchev–Trinajstić information content (AvgIpc) is 2.86. The van der Waals surface area contributed by atoms with Gasteiger partial charge in [-0.25, -0.2) is 8.42 Å². The highest BCUT2D eigenvalue weighted by molar-refractivity contribution is 7.91. The molecule has 0 aliphatic carbocycles. The maximum absolute atomic E-state index is 12.3. The summed E-state index contributed by atoms with van der Waals surface area (Å²) in [5.41, 5.74) is 0.614. The minimum atomic E-state index is -2.96. The molecular formula is C12H18N2O3S. The molecule has 0 spiro atoms. The van der Waals surface area contributed by atoms with E-state index in [9.17, 15) is 13.2 Å². The Morgan fingerprint density at radius 2 is 2.28 bits per heavy atom. The van der Waals surface area contributed by atoms with Gasteiger partial charge in [0, 0.05) is 32.0 Å². The highest BCUT2D eigenvalue weighted by Crippen LogP contribution is 2.19. The van der Waals surface area contributed by atoms with Gasteiger partial charge in [-0.15, -0.1) is 0 Å². The number of carbonyl (C=O) groups excluding carboxylic acids is 1. The summed E-state index contributed by atoms with van der Waals surface area (Å²) in [6, 6.07) is 1.58. The second-order valence-corrected chi connectivity index (χ2v) is 6.94. The van der Waals surface area contributed by atoms with Crippen LogP contribution in [0.4, 0.5) is 0 Å². The lowest BCUT2D eigenvalue weighted by molar-refractivity contribution is 0.0708. The molecule has 0 bridgehead atoms. The van der Waals surface area contributed by atoms with Crippen LogP contribution in [0, 0.1) is 0 Å². The standard InChI is InChI=1S/C12H18N2O3S/c1-3-14(11-5-7-18(16,17)9-11)12(15)10-4-6-13(2)8-10/h4,6,8,11H,3,5,7,9H2,1-2H3. The molecule has 1 aromatic rings. The first-order valence-electron chi connectivity index (χ1n) is 6.06. The van der Waals surface area contributed by atoms with E-state index in [0.717, 1.165) is 0 Å². The van der Waals surface area contributed by atoms with Gasteiger partial charge in [0.1, 0.15) is 0 Å². The molecule has 2 heterocycles. The van der Waals surface area contributed by atoms with Crippen molar-refractivity contribution in [2.24, 2.45) is 7.05 Å². The van der Waals surface area contributed by atoms with Crippen molar-refractivity contribution in [2.45, 2.75) is 19.4 Å². The summed E-state index contributed by atoms with van der Waals surface area (Å²) in [6.45, 7) is 2.42. The molecule has 1 atom stereocenters. The van der Waals surface area contributed by atoms with Gasteiger partial charge in [-0.3, -0.25) is 4.79 Å². The maximum Gasteiger partial charge on any atom is 0.255 e. The van der Waals surface area contributed by atoms with Crippen molar-refractivity contribution < 1.29 is 13.2 Å². The number of aryl methyl sites for hydroxylation is 1. The first-order chi connectivity index (χ1) is 8.43. The van der Waals surface area contributed by atoms with Crippen LogP contribution in [-0.2, 0) is 16.9 Å². The minimum Gasteiger partial charge on any atom is -0.356 e. The van der Waals surface area contributed by atoms with Gasteiger partial charge in [-0.2, -0.15) is 0 Å². The number of carbonyl (C=O) groups is 1. The number of hydrogen-bond donors (Lipinski definition) is 0. The zero-order valence-electron chi connectivity index (χ0n) is 10.7. The van der Waals surface area contributed by atoms with E-state index in [4.69, 9.17) is 0 Å². The first-order valence-corrected chi connectivity index (χ1v) is 7.88. The number of nitrogens with zero attached hydrogens (tertiary/aromatic N) is 2. The minimum absolute atomic E-state index is 0.0831. The molecular weight excluding hydrogens is 252 g/mol. The van der Waals surface area contributed by atoms with E-state index < -0.39 is 9.84 Å². The highest BCUT2D eigenvalue weighted by Gasteiger charge is 2.34. The largest absolute Gasteiger partial charge is 0.356 e. The summed E-state index contributed by atoms with van der Waals surface area (Å²) in [7, 11) is -1.11. The van der Waals surface area contributed by atoms with Gasteiger partial charge in [0.2, 0.25) is 0 Å². The summed E-state index contributed by atoms with van der Waals surface area (Å²) in [4.78, 5) is 14.0. The molecule has 1 aromatic heterocycles. The third-order valence-electron chi connectivity index (χ3n) is 3.33. The van der Waals surface area contributed by atoms with Crippen molar-refractivity contribution >= 4 is 15.7 Å². The van der Waals surface area contributed by atoms with Crippen molar-refractivity contribution in [3.8, 4) is 0 Å². The van der Waals surface area contributed by atoms with E-state index in [1.54, 1.807) is 17.2 Å². The van der Waals surface area contributed by atoms with E-state index in [0.29, 0.717) is 18.5 Å². The molecule has 100 valence electrons. The molecule has 1 aliphatic heterocycles. The van der Waals surface area contributed by atoms with E-state index in [1.807, 2.05) is 24.7 Å².